The number of carbonyl (C=O) groups excluding carboxylic acids is 1. The van der Waals surface area contributed by atoms with Crippen molar-refractivity contribution in [3.63, 3.8) is 0 Å². The molecule has 0 aliphatic carbocycles. The summed E-state index contributed by atoms with van der Waals surface area (Å²) in [6.45, 7) is 2.17. The minimum Gasteiger partial charge on any atom is -0.355 e. The van der Waals surface area contributed by atoms with E-state index in [0.717, 1.165) is 4.68 Å². The molecule has 0 saturated heterocycles. The van der Waals surface area contributed by atoms with Crippen LogP contribution < -0.4 is 5.32 Å². The highest BCUT2D eigenvalue weighted by Gasteiger charge is 2.27. The van der Waals surface area contributed by atoms with Gasteiger partial charge in [0.1, 0.15) is 0 Å². The largest absolute Gasteiger partial charge is 0.355 e. The molecule has 2 aromatic carbocycles. The van der Waals surface area contributed by atoms with E-state index >= 15 is 0 Å². The van der Waals surface area contributed by atoms with Crippen molar-refractivity contribution in [3.8, 4) is 11.3 Å². The Hall–Kier alpha value is -3.44. The first-order valence-corrected chi connectivity index (χ1v) is 10.5. The van der Waals surface area contributed by atoms with E-state index in [1.807, 2.05) is 0 Å². The minimum atomic E-state index is -2.25. The van der Waals surface area contributed by atoms with E-state index < -0.39 is 47.1 Å². The van der Waals surface area contributed by atoms with Gasteiger partial charge in [0.25, 0.3) is 5.91 Å². The number of hydrogen-bond acceptors (Lipinski definition) is 4. The predicted molar refractivity (Wildman–Crippen MR) is 117 cm³/mol. The maximum absolute atomic E-state index is 14.1. The van der Waals surface area contributed by atoms with Crippen LogP contribution in [0.3, 0.4) is 0 Å². The molecule has 182 valence electrons. The van der Waals surface area contributed by atoms with Crippen molar-refractivity contribution in [3.05, 3.63) is 86.0 Å². The highest BCUT2D eigenvalue weighted by atomic mass is 35.5. The normalized spacial score (nSPS) is 11.2. The molecule has 6 nitrogen and oxygen atoms in total. The molecule has 0 atom stereocenters. The van der Waals surface area contributed by atoms with E-state index in [1.54, 1.807) is 12.1 Å². The molecule has 0 spiro atoms. The average molecular weight is 531 g/mol. The second-order valence-corrected chi connectivity index (χ2v) is 8.25. The number of amides is 1. The van der Waals surface area contributed by atoms with Crippen LogP contribution in [-0.4, -0.2) is 20.8 Å². The van der Waals surface area contributed by atoms with Crippen LogP contribution in [-0.2, 0) is 6.54 Å². The zero-order chi connectivity index (χ0) is 25.6. The number of halogens is 7. The molecule has 0 aliphatic rings. The van der Waals surface area contributed by atoms with E-state index in [-0.39, 0.29) is 33.6 Å². The van der Waals surface area contributed by atoms with Gasteiger partial charge in [-0.3, -0.25) is 9.48 Å². The van der Waals surface area contributed by atoms with Gasteiger partial charge in [0, 0.05) is 16.7 Å². The van der Waals surface area contributed by atoms with E-state index in [4.69, 9.17) is 27.7 Å². The summed E-state index contributed by atoms with van der Waals surface area (Å²) in [4.78, 5) is 12.7. The Balaban J connectivity index is 1.59. The van der Waals surface area contributed by atoms with Gasteiger partial charge in [0.05, 0.1) is 34.2 Å². The van der Waals surface area contributed by atoms with E-state index in [0.29, 0.717) is 10.6 Å². The van der Waals surface area contributed by atoms with Crippen molar-refractivity contribution in [1.82, 2.24) is 14.9 Å². The lowest BCUT2D eigenvalue weighted by Crippen LogP contribution is -2.15. The van der Waals surface area contributed by atoms with Gasteiger partial charge >= 0.3 is 0 Å². The molecule has 0 fully saturated rings. The SMILES string of the molecule is Cc1nn(Cc2c(F)c(F)c(F)c(F)c2F)c(C)c1NC(=O)c1cc(-c2ccc(Cl)cc2Cl)on1. The number of carbonyl (C=O) groups is 1. The molecule has 0 aliphatic heterocycles. The second kappa shape index (κ2) is 9.31. The molecule has 0 saturated carbocycles. The third kappa shape index (κ3) is 4.48. The lowest BCUT2D eigenvalue weighted by atomic mass is 10.1. The van der Waals surface area contributed by atoms with Gasteiger partial charge < -0.3 is 9.84 Å². The summed E-state index contributed by atoms with van der Waals surface area (Å²) >= 11 is 12.0. The lowest BCUT2D eigenvalue weighted by Gasteiger charge is -2.10. The van der Waals surface area contributed by atoms with Gasteiger partial charge in [-0.2, -0.15) is 5.10 Å². The Morgan fingerprint density at radius 3 is 2.26 bits per heavy atom. The number of nitrogens with one attached hydrogen (secondary N) is 1. The Bertz CT molecular complexity index is 1460. The fraction of sp³-hybridized carbons (Fsp3) is 0.136. The quantitative estimate of drug-likeness (QED) is 0.182. The monoisotopic (exact) mass is 530 g/mol. The summed E-state index contributed by atoms with van der Waals surface area (Å²) in [5.41, 5.74) is -0.143. The van der Waals surface area contributed by atoms with Gasteiger partial charge in [0.15, 0.2) is 34.7 Å². The standard InChI is InChI=1S/C22H13Cl2F5N4O2/c1-8-21(9(2)33(31-8)7-12-16(25)18(27)20(29)19(28)17(12)26)30-22(34)14-6-15(35-32-14)11-4-3-10(23)5-13(11)24/h3-6H,7H2,1-2H3,(H,30,34). The molecular formula is C22H13Cl2F5N4O2. The molecule has 35 heavy (non-hydrogen) atoms. The summed E-state index contributed by atoms with van der Waals surface area (Å²) in [6, 6.07) is 6.00. The molecule has 1 N–H and O–H groups in total. The van der Waals surface area contributed by atoms with E-state index in [9.17, 15) is 26.7 Å². The number of anilines is 1. The number of aryl methyl sites for hydroxylation is 1. The first-order valence-electron chi connectivity index (χ1n) is 9.77. The molecule has 1 amide bonds. The molecular weight excluding hydrogens is 518 g/mol. The molecule has 0 bridgehead atoms. The van der Waals surface area contributed by atoms with Crippen LogP contribution in [0, 0.1) is 42.9 Å². The number of benzene rings is 2. The number of hydrogen-bond donors (Lipinski definition) is 1. The first-order chi connectivity index (χ1) is 16.5. The number of aromatic nitrogens is 3. The van der Waals surface area contributed by atoms with E-state index in [2.05, 4.69) is 15.6 Å². The molecule has 2 aromatic heterocycles. The zero-order valence-electron chi connectivity index (χ0n) is 17.8. The molecule has 4 aromatic rings. The molecule has 0 radical (unpaired) electrons. The Morgan fingerprint density at radius 1 is 1.00 bits per heavy atom. The van der Waals surface area contributed by atoms with Crippen molar-refractivity contribution in [2.24, 2.45) is 0 Å². The van der Waals surface area contributed by atoms with Crippen LogP contribution in [0.5, 0.6) is 0 Å². The van der Waals surface area contributed by atoms with Crippen LogP contribution in [0.2, 0.25) is 10.0 Å². The van der Waals surface area contributed by atoms with Crippen LogP contribution in [0.1, 0.15) is 27.4 Å². The third-order valence-electron chi connectivity index (χ3n) is 5.17. The van der Waals surface area contributed by atoms with E-state index in [1.165, 1.54) is 26.0 Å². The lowest BCUT2D eigenvalue weighted by molar-refractivity contribution is 0.101. The summed E-state index contributed by atoms with van der Waals surface area (Å²) in [7, 11) is 0. The Labute approximate surface area is 204 Å². The van der Waals surface area contributed by atoms with Gasteiger partial charge in [-0.25, -0.2) is 22.0 Å². The van der Waals surface area contributed by atoms with Gasteiger partial charge in [0.2, 0.25) is 5.82 Å². The maximum atomic E-state index is 14.1. The Morgan fingerprint density at radius 2 is 1.63 bits per heavy atom. The highest BCUT2D eigenvalue weighted by Crippen LogP contribution is 2.31. The first kappa shape index (κ1) is 24.7. The van der Waals surface area contributed by atoms with Crippen LogP contribution in [0.15, 0.2) is 28.8 Å². The van der Waals surface area contributed by atoms with Gasteiger partial charge in [-0.15, -0.1) is 0 Å². The van der Waals surface area contributed by atoms with Crippen LogP contribution >= 0.6 is 23.2 Å². The smallest absolute Gasteiger partial charge is 0.277 e. The predicted octanol–water partition coefficient (Wildman–Crippen LogP) is 6.46. The van der Waals surface area contributed by atoms with Crippen molar-refractivity contribution in [2.75, 3.05) is 5.32 Å². The zero-order valence-corrected chi connectivity index (χ0v) is 19.3. The van der Waals surface area contributed by atoms with Gasteiger partial charge in [-0.05, 0) is 32.0 Å². The van der Waals surface area contributed by atoms with Crippen molar-refractivity contribution < 1.29 is 31.3 Å². The second-order valence-electron chi connectivity index (χ2n) is 7.41. The summed E-state index contributed by atoms with van der Waals surface area (Å²) in [6.07, 6.45) is 0. The van der Waals surface area contributed by atoms with Crippen LogP contribution in [0.4, 0.5) is 27.6 Å². The number of rotatable bonds is 5. The summed E-state index contributed by atoms with van der Waals surface area (Å²) in [5.74, 6) is -10.8. The Kier molecular flexibility index (Phi) is 6.56. The van der Waals surface area contributed by atoms with Crippen molar-refractivity contribution >= 4 is 34.8 Å². The fourth-order valence-electron chi connectivity index (χ4n) is 3.35. The maximum Gasteiger partial charge on any atom is 0.277 e. The fourth-order valence-corrected chi connectivity index (χ4v) is 3.85. The number of nitrogens with zero attached hydrogens (tertiary/aromatic N) is 3. The minimum absolute atomic E-state index is 0.114. The summed E-state index contributed by atoms with van der Waals surface area (Å²) in [5, 5.41) is 11.0. The van der Waals surface area contributed by atoms with Gasteiger partial charge in [-0.1, -0.05) is 28.4 Å². The molecule has 4 rings (SSSR count). The molecule has 0 unspecified atom stereocenters. The average Bonchev–Trinajstić information content (AvgIpc) is 3.40. The highest BCUT2D eigenvalue weighted by molar-refractivity contribution is 6.36. The van der Waals surface area contributed by atoms with Crippen molar-refractivity contribution in [1.29, 1.82) is 0 Å². The topological polar surface area (TPSA) is 73.0 Å². The van der Waals surface area contributed by atoms with Crippen LogP contribution in [0.25, 0.3) is 11.3 Å². The molecule has 2 heterocycles. The molecule has 13 heteroatoms. The summed E-state index contributed by atoms with van der Waals surface area (Å²) < 4.78 is 74.8. The van der Waals surface area contributed by atoms with Crippen molar-refractivity contribution in [2.45, 2.75) is 20.4 Å². The third-order valence-corrected chi connectivity index (χ3v) is 5.72.